The third-order valence-electron chi connectivity index (χ3n) is 3.54. The molecule has 20 heavy (non-hydrogen) atoms. The molecule has 1 aliphatic rings. The molecule has 4 rings (SSSR count). The Bertz CT molecular complexity index is 915. The van der Waals surface area contributed by atoms with Crippen LogP contribution in [-0.4, -0.2) is 9.97 Å². The number of nitrogens with one attached hydrogen (secondary N) is 1. The van der Waals surface area contributed by atoms with Crippen molar-refractivity contribution in [3.8, 4) is 11.1 Å². The minimum Gasteiger partial charge on any atom is -0.309 e. The van der Waals surface area contributed by atoms with Gasteiger partial charge in [-0.15, -0.1) is 22.9 Å². The lowest BCUT2D eigenvalue weighted by atomic mass is 10.1. The molecular formula is C14H8BrClN2OS. The zero-order valence-electron chi connectivity index (χ0n) is 10.2. The fourth-order valence-electron chi connectivity index (χ4n) is 2.70. The monoisotopic (exact) mass is 366 g/mol. The summed E-state index contributed by atoms with van der Waals surface area (Å²) in [4.78, 5) is 21.5. The summed E-state index contributed by atoms with van der Waals surface area (Å²) in [6.45, 7) is 0. The lowest BCUT2D eigenvalue weighted by molar-refractivity contribution is 1.04. The lowest BCUT2D eigenvalue weighted by Gasteiger charge is -2.03. The van der Waals surface area contributed by atoms with E-state index in [0.717, 1.165) is 26.9 Å². The van der Waals surface area contributed by atoms with Crippen molar-refractivity contribution in [3.05, 3.63) is 49.3 Å². The van der Waals surface area contributed by atoms with Crippen LogP contribution in [0.1, 0.15) is 16.3 Å². The van der Waals surface area contributed by atoms with E-state index in [4.69, 9.17) is 11.6 Å². The van der Waals surface area contributed by atoms with Gasteiger partial charge in [0.25, 0.3) is 5.56 Å². The van der Waals surface area contributed by atoms with Gasteiger partial charge in [0.2, 0.25) is 0 Å². The van der Waals surface area contributed by atoms with Crippen molar-refractivity contribution in [2.24, 2.45) is 0 Å². The second kappa shape index (κ2) is 4.41. The first kappa shape index (κ1) is 12.6. The largest absolute Gasteiger partial charge is 0.309 e. The van der Waals surface area contributed by atoms with Crippen molar-refractivity contribution in [3.63, 3.8) is 0 Å². The average molecular weight is 368 g/mol. The van der Waals surface area contributed by atoms with Crippen molar-refractivity contribution in [1.29, 1.82) is 0 Å². The molecule has 100 valence electrons. The standard InChI is InChI=1S/C14H8BrClN2OS/c15-8-3-1-2-6-7(8)4-9-11(6)12-13(19)17-10(5-16)18-14(12)20-9/h1-3H,4-5H2,(H,17,18,19). The van der Waals surface area contributed by atoms with E-state index in [2.05, 4.69) is 32.0 Å². The highest BCUT2D eigenvalue weighted by Crippen LogP contribution is 2.46. The zero-order chi connectivity index (χ0) is 13.9. The Morgan fingerprint density at radius 1 is 1.45 bits per heavy atom. The second-order valence-electron chi connectivity index (χ2n) is 4.67. The Balaban J connectivity index is 2.11. The van der Waals surface area contributed by atoms with Gasteiger partial charge in [0.05, 0.1) is 11.3 Å². The predicted octanol–water partition coefficient (Wildman–Crippen LogP) is 4.06. The Kier molecular flexibility index (Phi) is 2.77. The molecule has 0 saturated carbocycles. The van der Waals surface area contributed by atoms with Crippen LogP contribution in [0.25, 0.3) is 21.3 Å². The fraction of sp³-hybridized carbons (Fsp3) is 0.143. The van der Waals surface area contributed by atoms with Gasteiger partial charge < -0.3 is 4.98 Å². The predicted molar refractivity (Wildman–Crippen MR) is 85.7 cm³/mol. The van der Waals surface area contributed by atoms with Gasteiger partial charge in [0.15, 0.2) is 0 Å². The van der Waals surface area contributed by atoms with Crippen molar-refractivity contribution in [2.45, 2.75) is 12.3 Å². The molecular weight excluding hydrogens is 360 g/mol. The number of thiophene rings is 1. The first-order chi connectivity index (χ1) is 9.69. The van der Waals surface area contributed by atoms with Gasteiger partial charge in [-0.2, -0.15) is 0 Å². The van der Waals surface area contributed by atoms with E-state index >= 15 is 0 Å². The van der Waals surface area contributed by atoms with Crippen LogP contribution in [-0.2, 0) is 12.3 Å². The normalized spacial score (nSPS) is 12.7. The number of halogens is 2. The molecule has 0 amide bonds. The van der Waals surface area contributed by atoms with E-state index in [1.54, 1.807) is 11.3 Å². The summed E-state index contributed by atoms with van der Waals surface area (Å²) in [7, 11) is 0. The van der Waals surface area contributed by atoms with Crippen molar-refractivity contribution < 1.29 is 0 Å². The van der Waals surface area contributed by atoms with Crippen molar-refractivity contribution >= 4 is 49.1 Å². The maximum absolute atomic E-state index is 12.3. The van der Waals surface area contributed by atoms with Gasteiger partial charge in [-0.25, -0.2) is 4.98 Å². The van der Waals surface area contributed by atoms with E-state index in [9.17, 15) is 4.79 Å². The second-order valence-corrected chi connectivity index (χ2v) is 6.87. The third kappa shape index (κ3) is 1.63. The molecule has 1 N–H and O–H groups in total. The highest BCUT2D eigenvalue weighted by Gasteiger charge is 2.27. The van der Waals surface area contributed by atoms with Gasteiger partial charge in [0.1, 0.15) is 10.7 Å². The Morgan fingerprint density at radius 3 is 3.10 bits per heavy atom. The maximum atomic E-state index is 12.3. The summed E-state index contributed by atoms with van der Waals surface area (Å²) in [6, 6.07) is 6.09. The van der Waals surface area contributed by atoms with Gasteiger partial charge in [-0.1, -0.05) is 28.1 Å². The first-order valence-corrected chi connectivity index (χ1v) is 8.21. The van der Waals surface area contributed by atoms with Crippen LogP contribution >= 0.6 is 38.9 Å². The molecule has 3 nitrogen and oxygen atoms in total. The molecule has 2 aromatic heterocycles. The smallest absolute Gasteiger partial charge is 0.260 e. The van der Waals surface area contributed by atoms with E-state index in [1.807, 2.05) is 12.1 Å². The minimum absolute atomic E-state index is 0.101. The molecule has 0 fully saturated rings. The highest BCUT2D eigenvalue weighted by atomic mass is 79.9. The first-order valence-electron chi connectivity index (χ1n) is 6.07. The molecule has 0 aliphatic heterocycles. The molecule has 0 bridgehead atoms. The summed E-state index contributed by atoms with van der Waals surface area (Å²) >= 11 is 10.9. The fourth-order valence-corrected chi connectivity index (χ4v) is 4.55. The summed E-state index contributed by atoms with van der Waals surface area (Å²) in [5, 5.41) is 0.690. The Labute approximate surface area is 131 Å². The summed E-state index contributed by atoms with van der Waals surface area (Å²) in [5.74, 6) is 0.745. The maximum Gasteiger partial charge on any atom is 0.260 e. The number of benzene rings is 1. The number of aromatic nitrogens is 2. The van der Waals surface area contributed by atoms with Gasteiger partial charge in [-0.05, 0) is 17.2 Å². The summed E-state index contributed by atoms with van der Waals surface area (Å²) < 4.78 is 1.09. The molecule has 0 radical (unpaired) electrons. The lowest BCUT2D eigenvalue weighted by Crippen LogP contribution is -2.10. The van der Waals surface area contributed by atoms with Gasteiger partial charge in [0, 0.05) is 21.3 Å². The quantitative estimate of drug-likeness (QED) is 0.516. The number of hydrogen-bond donors (Lipinski definition) is 1. The van der Waals surface area contributed by atoms with E-state index in [1.165, 1.54) is 10.4 Å². The molecule has 0 spiro atoms. The Hall–Kier alpha value is -1.17. The molecule has 6 heteroatoms. The molecule has 0 atom stereocenters. The zero-order valence-corrected chi connectivity index (χ0v) is 13.3. The summed E-state index contributed by atoms with van der Waals surface area (Å²) in [6.07, 6.45) is 0.850. The Morgan fingerprint density at radius 2 is 2.30 bits per heavy atom. The number of aromatic amines is 1. The molecule has 1 aromatic carbocycles. The van der Waals surface area contributed by atoms with Gasteiger partial charge in [-0.3, -0.25) is 4.79 Å². The van der Waals surface area contributed by atoms with Crippen LogP contribution < -0.4 is 5.56 Å². The minimum atomic E-state index is -0.101. The average Bonchev–Trinajstić information content (AvgIpc) is 2.95. The number of H-pyrrole nitrogens is 1. The van der Waals surface area contributed by atoms with Crippen LogP contribution in [0.3, 0.4) is 0 Å². The summed E-state index contributed by atoms with van der Waals surface area (Å²) in [5.41, 5.74) is 3.31. The number of rotatable bonds is 1. The molecule has 1 aliphatic carbocycles. The van der Waals surface area contributed by atoms with Crippen LogP contribution in [0.5, 0.6) is 0 Å². The van der Waals surface area contributed by atoms with Crippen LogP contribution in [0, 0.1) is 0 Å². The van der Waals surface area contributed by atoms with Crippen LogP contribution in [0.2, 0.25) is 0 Å². The number of nitrogens with zero attached hydrogens (tertiary/aromatic N) is 1. The van der Waals surface area contributed by atoms with Crippen molar-refractivity contribution in [1.82, 2.24) is 9.97 Å². The van der Waals surface area contributed by atoms with Crippen LogP contribution in [0.15, 0.2) is 27.5 Å². The number of hydrogen-bond acceptors (Lipinski definition) is 3. The van der Waals surface area contributed by atoms with E-state index < -0.39 is 0 Å². The van der Waals surface area contributed by atoms with E-state index in [-0.39, 0.29) is 11.4 Å². The molecule has 3 aromatic rings. The van der Waals surface area contributed by atoms with Crippen molar-refractivity contribution in [2.75, 3.05) is 0 Å². The number of fused-ring (bicyclic) bond motifs is 5. The SMILES string of the molecule is O=c1[nH]c(CCl)nc2sc3c(c12)-c1cccc(Br)c1C3. The third-order valence-corrected chi connectivity index (χ3v) is 5.62. The highest BCUT2D eigenvalue weighted by molar-refractivity contribution is 9.10. The molecule has 2 heterocycles. The molecule has 0 unspecified atom stereocenters. The van der Waals surface area contributed by atoms with Crippen LogP contribution in [0.4, 0.5) is 0 Å². The number of alkyl halides is 1. The molecule has 0 saturated heterocycles. The van der Waals surface area contributed by atoms with Gasteiger partial charge >= 0.3 is 0 Å². The topological polar surface area (TPSA) is 45.8 Å². The van der Waals surface area contributed by atoms with E-state index in [0.29, 0.717) is 11.2 Å².